The second-order valence-electron chi connectivity index (χ2n) is 6.84. The lowest BCUT2D eigenvalue weighted by Crippen LogP contribution is -2.26. The summed E-state index contributed by atoms with van der Waals surface area (Å²) in [5, 5.41) is 4.85. The van der Waals surface area contributed by atoms with Crippen LogP contribution in [0.15, 0.2) is 85.1 Å². The maximum atomic E-state index is 13.2. The first-order valence-corrected chi connectivity index (χ1v) is 9.31. The lowest BCUT2D eigenvalue weighted by Gasteiger charge is -2.19. The van der Waals surface area contributed by atoms with Crippen LogP contribution >= 0.6 is 0 Å². The fraction of sp³-hybridized carbons (Fsp3) is 0.0833. The minimum absolute atomic E-state index is 0.0918. The van der Waals surface area contributed by atoms with E-state index >= 15 is 0 Å². The van der Waals surface area contributed by atoms with Gasteiger partial charge in [-0.2, -0.15) is 0 Å². The zero-order valence-electron chi connectivity index (χ0n) is 16.0. The first-order valence-electron chi connectivity index (χ1n) is 9.31. The molecule has 1 N–H and O–H groups in total. The first-order chi connectivity index (χ1) is 14.1. The summed E-state index contributed by atoms with van der Waals surface area (Å²) < 4.78 is 13.2. The highest BCUT2D eigenvalue weighted by atomic mass is 19.1. The van der Waals surface area contributed by atoms with E-state index in [0.717, 1.165) is 22.0 Å². The Hall–Kier alpha value is -3.73. The van der Waals surface area contributed by atoms with Crippen molar-refractivity contribution in [1.29, 1.82) is 0 Å². The normalized spacial score (nSPS) is 10.7. The molecule has 1 aromatic heterocycles. The number of amides is 1. The molecule has 0 saturated carbocycles. The van der Waals surface area contributed by atoms with E-state index in [9.17, 15) is 9.18 Å². The number of carbonyl (C=O) groups is 1. The second-order valence-corrected chi connectivity index (χ2v) is 6.84. The van der Waals surface area contributed by atoms with E-state index in [1.165, 1.54) is 12.1 Å². The standard InChI is InChI=1S/C24H20FN3O/c1-28(16-17-7-3-2-4-8-17)24(29)22-15-26-23(21-10-6-5-9-20(21)22)27-19-13-11-18(25)12-14-19/h2-15H,16H2,1H3,(H,26,27). The Balaban J connectivity index is 1.65. The van der Waals surface area contributed by atoms with Crippen molar-refractivity contribution >= 4 is 28.2 Å². The Labute approximate surface area is 168 Å². The van der Waals surface area contributed by atoms with Gasteiger partial charge in [-0.25, -0.2) is 9.37 Å². The van der Waals surface area contributed by atoms with E-state index in [-0.39, 0.29) is 11.7 Å². The van der Waals surface area contributed by atoms with Gasteiger partial charge in [0.2, 0.25) is 0 Å². The van der Waals surface area contributed by atoms with Crippen LogP contribution in [-0.2, 0) is 6.54 Å². The zero-order valence-corrected chi connectivity index (χ0v) is 16.0. The van der Waals surface area contributed by atoms with Crippen molar-refractivity contribution in [3.05, 3.63) is 102 Å². The molecule has 5 heteroatoms. The summed E-state index contributed by atoms with van der Waals surface area (Å²) in [5.74, 6) is 0.233. The smallest absolute Gasteiger partial charge is 0.256 e. The maximum Gasteiger partial charge on any atom is 0.256 e. The van der Waals surface area contributed by atoms with Crippen LogP contribution in [0.1, 0.15) is 15.9 Å². The van der Waals surface area contributed by atoms with Crippen LogP contribution in [0.3, 0.4) is 0 Å². The van der Waals surface area contributed by atoms with Crippen LogP contribution in [0.4, 0.5) is 15.9 Å². The highest BCUT2D eigenvalue weighted by Crippen LogP contribution is 2.28. The van der Waals surface area contributed by atoms with Gasteiger partial charge < -0.3 is 10.2 Å². The molecule has 4 rings (SSSR count). The quantitative estimate of drug-likeness (QED) is 0.501. The van der Waals surface area contributed by atoms with Gasteiger partial charge in [0.05, 0.1) is 5.56 Å². The summed E-state index contributed by atoms with van der Waals surface area (Å²) >= 11 is 0. The fourth-order valence-corrected chi connectivity index (χ4v) is 3.27. The molecular weight excluding hydrogens is 365 g/mol. The van der Waals surface area contributed by atoms with E-state index in [2.05, 4.69) is 10.3 Å². The SMILES string of the molecule is CN(Cc1ccccc1)C(=O)c1cnc(Nc2ccc(F)cc2)c2ccccc12. The van der Waals surface area contributed by atoms with Gasteiger partial charge in [-0.3, -0.25) is 4.79 Å². The number of halogens is 1. The lowest BCUT2D eigenvalue weighted by molar-refractivity contribution is 0.0786. The van der Waals surface area contributed by atoms with E-state index < -0.39 is 0 Å². The number of hydrogen-bond donors (Lipinski definition) is 1. The summed E-state index contributed by atoms with van der Waals surface area (Å²) in [5.41, 5.74) is 2.34. The fourth-order valence-electron chi connectivity index (χ4n) is 3.27. The molecule has 3 aromatic carbocycles. The number of rotatable bonds is 5. The summed E-state index contributed by atoms with van der Waals surface area (Å²) in [6.45, 7) is 0.517. The Morgan fingerprint density at radius 3 is 2.31 bits per heavy atom. The van der Waals surface area contributed by atoms with Crippen LogP contribution in [0.2, 0.25) is 0 Å². The van der Waals surface area contributed by atoms with Gasteiger partial charge in [-0.1, -0.05) is 54.6 Å². The van der Waals surface area contributed by atoms with Crippen molar-refractivity contribution in [3.8, 4) is 0 Å². The molecule has 0 bridgehead atoms. The van der Waals surface area contributed by atoms with Gasteiger partial charge in [0, 0.05) is 30.9 Å². The van der Waals surface area contributed by atoms with E-state index in [1.54, 1.807) is 30.3 Å². The zero-order chi connectivity index (χ0) is 20.2. The van der Waals surface area contributed by atoms with Gasteiger partial charge in [0.15, 0.2) is 0 Å². The van der Waals surface area contributed by atoms with E-state index in [0.29, 0.717) is 17.9 Å². The molecule has 0 aliphatic carbocycles. The highest BCUT2D eigenvalue weighted by molar-refractivity contribution is 6.09. The minimum atomic E-state index is -0.296. The van der Waals surface area contributed by atoms with Crippen molar-refractivity contribution in [2.75, 3.05) is 12.4 Å². The summed E-state index contributed by atoms with van der Waals surface area (Å²) in [4.78, 5) is 19.3. The molecule has 1 heterocycles. The number of nitrogens with zero attached hydrogens (tertiary/aromatic N) is 2. The first kappa shape index (κ1) is 18.6. The molecule has 0 fully saturated rings. The van der Waals surface area contributed by atoms with Gasteiger partial charge >= 0.3 is 0 Å². The third-order valence-electron chi connectivity index (χ3n) is 4.74. The number of fused-ring (bicyclic) bond motifs is 1. The predicted molar refractivity (Wildman–Crippen MR) is 114 cm³/mol. The van der Waals surface area contributed by atoms with Crippen molar-refractivity contribution in [1.82, 2.24) is 9.88 Å². The molecule has 0 atom stereocenters. The van der Waals surface area contributed by atoms with Crippen LogP contribution in [0, 0.1) is 5.82 Å². The molecule has 29 heavy (non-hydrogen) atoms. The topological polar surface area (TPSA) is 45.2 Å². The van der Waals surface area contributed by atoms with Gasteiger partial charge in [0.25, 0.3) is 5.91 Å². The summed E-state index contributed by atoms with van der Waals surface area (Å²) in [6.07, 6.45) is 1.60. The molecule has 0 unspecified atom stereocenters. The number of hydrogen-bond acceptors (Lipinski definition) is 3. The Morgan fingerprint density at radius 1 is 0.931 bits per heavy atom. The van der Waals surface area contributed by atoms with Gasteiger partial charge in [-0.05, 0) is 35.2 Å². The van der Waals surface area contributed by atoms with Gasteiger partial charge in [0.1, 0.15) is 11.6 Å². The third kappa shape index (κ3) is 4.09. The molecular formula is C24H20FN3O. The molecule has 0 spiro atoms. The van der Waals surface area contributed by atoms with Crippen molar-refractivity contribution in [3.63, 3.8) is 0 Å². The van der Waals surface area contributed by atoms with Crippen molar-refractivity contribution in [2.45, 2.75) is 6.54 Å². The van der Waals surface area contributed by atoms with Crippen LogP contribution in [0.5, 0.6) is 0 Å². The van der Waals surface area contributed by atoms with Crippen LogP contribution in [0.25, 0.3) is 10.8 Å². The summed E-state index contributed by atoms with van der Waals surface area (Å²) in [6, 6.07) is 23.6. The molecule has 0 aliphatic heterocycles. The Bertz CT molecular complexity index is 1140. The van der Waals surface area contributed by atoms with E-state index in [4.69, 9.17) is 0 Å². The number of anilines is 2. The number of pyridine rings is 1. The average molecular weight is 385 g/mol. The van der Waals surface area contributed by atoms with Crippen LogP contribution < -0.4 is 5.32 Å². The van der Waals surface area contributed by atoms with Crippen molar-refractivity contribution in [2.24, 2.45) is 0 Å². The van der Waals surface area contributed by atoms with Crippen molar-refractivity contribution < 1.29 is 9.18 Å². The van der Waals surface area contributed by atoms with Gasteiger partial charge in [-0.15, -0.1) is 0 Å². The molecule has 1 amide bonds. The minimum Gasteiger partial charge on any atom is -0.340 e. The largest absolute Gasteiger partial charge is 0.340 e. The number of nitrogens with one attached hydrogen (secondary N) is 1. The molecule has 4 aromatic rings. The molecule has 144 valence electrons. The predicted octanol–water partition coefficient (Wildman–Crippen LogP) is 5.39. The molecule has 0 saturated heterocycles. The summed E-state index contributed by atoms with van der Waals surface area (Å²) in [7, 11) is 1.79. The molecule has 4 nitrogen and oxygen atoms in total. The highest BCUT2D eigenvalue weighted by Gasteiger charge is 2.17. The van der Waals surface area contributed by atoms with Crippen LogP contribution in [-0.4, -0.2) is 22.8 Å². The average Bonchev–Trinajstić information content (AvgIpc) is 2.76. The Kier molecular flexibility index (Phi) is 5.20. The second kappa shape index (κ2) is 8.10. The third-order valence-corrected chi connectivity index (χ3v) is 4.74. The monoisotopic (exact) mass is 385 g/mol. The molecule has 0 radical (unpaired) electrons. The number of aromatic nitrogens is 1. The van der Waals surface area contributed by atoms with E-state index in [1.807, 2.05) is 54.6 Å². The number of benzene rings is 3. The Morgan fingerprint density at radius 2 is 1.59 bits per heavy atom. The maximum absolute atomic E-state index is 13.2. The molecule has 0 aliphatic rings. The number of carbonyl (C=O) groups excluding carboxylic acids is 1. The lowest BCUT2D eigenvalue weighted by atomic mass is 10.1.